The van der Waals surface area contributed by atoms with Crippen LogP contribution in [0.2, 0.25) is 0 Å². The lowest BCUT2D eigenvalue weighted by molar-refractivity contribution is 0.0211. The molecule has 0 rings (SSSR count). The number of hydrogen-bond donors (Lipinski definition) is 1. The average molecular weight is 257 g/mol. The highest BCUT2D eigenvalue weighted by molar-refractivity contribution is 5.07. The lowest BCUT2D eigenvalue weighted by atomic mass is 9.98. The standard InChI is InChI=1S/C14H27NO3/c1-14(2,3)6-5-8-16-10-12-18-13-11-17-9-7-15-4/h15H,7-13H2,1-4H3. The molecule has 0 spiro atoms. The van der Waals surface area contributed by atoms with Crippen LogP contribution in [-0.4, -0.2) is 53.2 Å². The summed E-state index contributed by atoms with van der Waals surface area (Å²) < 4.78 is 16.0. The molecule has 4 nitrogen and oxygen atoms in total. The zero-order chi connectivity index (χ0) is 13.7. The van der Waals surface area contributed by atoms with Gasteiger partial charge in [-0.2, -0.15) is 0 Å². The van der Waals surface area contributed by atoms with E-state index >= 15 is 0 Å². The molecule has 0 aliphatic rings. The second-order valence-corrected chi connectivity index (χ2v) is 4.93. The first kappa shape index (κ1) is 17.4. The molecule has 0 aromatic rings. The van der Waals surface area contributed by atoms with Gasteiger partial charge in [0.15, 0.2) is 0 Å². The molecule has 18 heavy (non-hydrogen) atoms. The Bertz CT molecular complexity index is 238. The third-order valence-corrected chi connectivity index (χ3v) is 1.88. The fourth-order valence-corrected chi connectivity index (χ4v) is 1.04. The lowest BCUT2D eigenvalue weighted by Gasteiger charge is -2.07. The van der Waals surface area contributed by atoms with E-state index in [4.69, 9.17) is 14.2 Å². The summed E-state index contributed by atoms with van der Waals surface area (Å²) >= 11 is 0. The van der Waals surface area contributed by atoms with E-state index in [2.05, 4.69) is 37.9 Å². The van der Waals surface area contributed by atoms with E-state index in [0.29, 0.717) is 33.0 Å². The summed E-state index contributed by atoms with van der Waals surface area (Å²) in [5.74, 6) is 6.10. The third kappa shape index (κ3) is 15.4. The molecule has 106 valence electrons. The van der Waals surface area contributed by atoms with Gasteiger partial charge in [0.2, 0.25) is 0 Å². The van der Waals surface area contributed by atoms with Crippen LogP contribution in [0.3, 0.4) is 0 Å². The quantitative estimate of drug-likeness (QED) is 0.473. The van der Waals surface area contributed by atoms with Crippen LogP contribution < -0.4 is 5.32 Å². The Kier molecular flexibility index (Phi) is 11.1. The first-order valence-corrected chi connectivity index (χ1v) is 6.44. The van der Waals surface area contributed by atoms with E-state index in [-0.39, 0.29) is 5.41 Å². The van der Waals surface area contributed by atoms with E-state index in [9.17, 15) is 0 Å². The van der Waals surface area contributed by atoms with E-state index < -0.39 is 0 Å². The maximum atomic E-state index is 5.34. The normalized spacial score (nSPS) is 11.1. The number of ether oxygens (including phenoxy) is 3. The Morgan fingerprint density at radius 2 is 1.44 bits per heavy atom. The molecule has 0 aromatic heterocycles. The summed E-state index contributed by atoms with van der Waals surface area (Å²) in [6.07, 6.45) is 0. The third-order valence-electron chi connectivity index (χ3n) is 1.88. The van der Waals surface area contributed by atoms with Gasteiger partial charge in [0.05, 0.1) is 33.0 Å². The summed E-state index contributed by atoms with van der Waals surface area (Å²) in [5.41, 5.74) is 0.0462. The van der Waals surface area contributed by atoms with Crippen molar-refractivity contribution in [1.82, 2.24) is 5.32 Å². The Balaban J connectivity index is 3.14. The Hall–Kier alpha value is -0.600. The van der Waals surface area contributed by atoms with Crippen LogP contribution in [0.15, 0.2) is 0 Å². The fraction of sp³-hybridized carbons (Fsp3) is 0.857. The summed E-state index contributed by atoms with van der Waals surface area (Å²) in [5, 5.41) is 3.01. The molecule has 0 saturated heterocycles. The summed E-state index contributed by atoms with van der Waals surface area (Å²) in [4.78, 5) is 0. The van der Waals surface area contributed by atoms with E-state index in [0.717, 1.165) is 13.2 Å². The monoisotopic (exact) mass is 257 g/mol. The fourth-order valence-electron chi connectivity index (χ4n) is 1.04. The molecule has 0 bridgehead atoms. The second-order valence-electron chi connectivity index (χ2n) is 4.93. The Morgan fingerprint density at radius 1 is 0.889 bits per heavy atom. The van der Waals surface area contributed by atoms with Crippen LogP contribution in [-0.2, 0) is 14.2 Å². The van der Waals surface area contributed by atoms with Crippen molar-refractivity contribution in [3.63, 3.8) is 0 Å². The number of rotatable bonds is 10. The zero-order valence-electron chi connectivity index (χ0n) is 12.2. The highest BCUT2D eigenvalue weighted by Gasteiger charge is 2.02. The van der Waals surface area contributed by atoms with Crippen LogP contribution in [0.1, 0.15) is 20.8 Å². The van der Waals surface area contributed by atoms with Crippen molar-refractivity contribution in [3.05, 3.63) is 0 Å². The number of nitrogens with one attached hydrogen (secondary N) is 1. The highest BCUT2D eigenvalue weighted by atomic mass is 16.5. The highest BCUT2D eigenvalue weighted by Crippen LogP contribution is 2.09. The molecule has 0 aliphatic heterocycles. The molecule has 0 amide bonds. The molecule has 0 unspecified atom stereocenters. The van der Waals surface area contributed by atoms with Crippen molar-refractivity contribution in [2.24, 2.45) is 5.41 Å². The number of likely N-dealkylation sites (N-methyl/N-ethyl adjacent to an activating group) is 1. The molecule has 0 aliphatic carbocycles. The van der Waals surface area contributed by atoms with Gasteiger partial charge >= 0.3 is 0 Å². The van der Waals surface area contributed by atoms with Crippen molar-refractivity contribution in [3.8, 4) is 11.8 Å². The van der Waals surface area contributed by atoms with Crippen molar-refractivity contribution in [1.29, 1.82) is 0 Å². The van der Waals surface area contributed by atoms with Crippen LogP contribution in [0.4, 0.5) is 0 Å². The lowest BCUT2D eigenvalue weighted by Crippen LogP contribution is -2.16. The van der Waals surface area contributed by atoms with E-state index in [1.807, 2.05) is 7.05 Å². The zero-order valence-corrected chi connectivity index (χ0v) is 12.2. The largest absolute Gasteiger partial charge is 0.378 e. The minimum absolute atomic E-state index is 0.0462. The first-order valence-electron chi connectivity index (χ1n) is 6.44. The van der Waals surface area contributed by atoms with E-state index in [1.54, 1.807) is 0 Å². The molecule has 0 heterocycles. The maximum absolute atomic E-state index is 5.34. The van der Waals surface area contributed by atoms with E-state index in [1.165, 1.54) is 0 Å². The molecule has 0 fully saturated rings. The molecule has 0 saturated carbocycles. The minimum Gasteiger partial charge on any atom is -0.378 e. The Labute approximate surface area is 111 Å². The molecule has 4 heteroatoms. The Morgan fingerprint density at radius 3 is 2.00 bits per heavy atom. The maximum Gasteiger partial charge on any atom is 0.107 e. The van der Waals surface area contributed by atoms with Gasteiger partial charge in [-0.15, -0.1) is 0 Å². The predicted molar refractivity (Wildman–Crippen MR) is 73.6 cm³/mol. The second kappa shape index (κ2) is 11.5. The van der Waals surface area contributed by atoms with Crippen molar-refractivity contribution in [2.45, 2.75) is 20.8 Å². The van der Waals surface area contributed by atoms with Gasteiger partial charge in [0.1, 0.15) is 6.61 Å². The molecular weight excluding hydrogens is 230 g/mol. The van der Waals surface area contributed by atoms with Crippen LogP contribution in [0.5, 0.6) is 0 Å². The van der Waals surface area contributed by atoms with Gasteiger partial charge in [0, 0.05) is 12.0 Å². The van der Waals surface area contributed by atoms with Crippen molar-refractivity contribution < 1.29 is 14.2 Å². The number of hydrogen-bond acceptors (Lipinski definition) is 4. The van der Waals surface area contributed by atoms with Crippen molar-refractivity contribution >= 4 is 0 Å². The van der Waals surface area contributed by atoms with Gasteiger partial charge in [-0.1, -0.05) is 11.8 Å². The van der Waals surface area contributed by atoms with Crippen molar-refractivity contribution in [2.75, 3.05) is 53.2 Å². The summed E-state index contributed by atoms with van der Waals surface area (Å²) in [6, 6.07) is 0. The summed E-state index contributed by atoms with van der Waals surface area (Å²) in [7, 11) is 1.90. The first-order chi connectivity index (χ1) is 8.56. The topological polar surface area (TPSA) is 39.7 Å². The molecule has 1 N–H and O–H groups in total. The van der Waals surface area contributed by atoms with Crippen LogP contribution in [0.25, 0.3) is 0 Å². The van der Waals surface area contributed by atoms with Gasteiger partial charge in [0.25, 0.3) is 0 Å². The SMILES string of the molecule is CNCCOCCOCCOCC#CC(C)(C)C. The molecule has 0 aromatic carbocycles. The van der Waals surface area contributed by atoms with Gasteiger partial charge in [-0.3, -0.25) is 0 Å². The van der Waals surface area contributed by atoms with Gasteiger partial charge in [-0.25, -0.2) is 0 Å². The summed E-state index contributed by atoms with van der Waals surface area (Å²) in [6.45, 7) is 10.7. The van der Waals surface area contributed by atoms with Gasteiger partial charge < -0.3 is 19.5 Å². The average Bonchev–Trinajstić information content (AvgIpc) is 2.29. The van der Waals surface area contributed by atoms with Crippen LogP contribution >= 0.6 is 0 Å². The molecule has 0 radical (unpaired) electrons. The predicted octanol–water partition coefficient (Wildman–Crippen LogP) is 1.31. The van der Waals surface area contributed by atoms with Crippen LogP contribution in [0, 0.1) is 17.3 Å². The smallest absolute Gasteiger partial charge is 0.107 e. The molecular formula is C14H27NO3. The molecule has 0 atom stereocenters. The minimum atomic E-state index is 0.0462. The van der Waals surface area contributed by atoms with Gasteiger partial charge in [-0.05, 0) is 27.8 Å².